The number of ether oxygens (including phenoxy) is 1. The molecule has 0 spiro atoms. The molecule has 0 radical (unpaired) electrons. The van der Waals surface area contributed by atoms with Gasteiger partial charge >= 0.3 is 0 Å². The van der Waals surface area contributed by atoms with Crippen LogP contribution in [0.4, 0.5) is 0 Å². The van der Waals surface area contributed by atoms with Crippen LogP contribution in [-0.4, -0.2) is 57.0 Å². The van der Waals surface area contributed by atoms with E-state index in [9.17, 15) is 0 Å². The van der Waals surface area contributed by atoms with Crippen LogP contribution in [0.1, 0.15) is 12.8 Å². The third-order valence-corrected chi connectivity index (χ3v) is 2.20. The molecular weight excluding hydrogens is 212 g/mol. The van der Waals surface area contributed by atoms with Crippen molar-refractivity contribution in [1.82, 2.24) is 10.8 Å². The molecule has 4 N–H and O–H groups in total. The smallest absolute Gasteiger partial charge is 0.115 e. The number of hydrogen-bond donors (Lipinski definition) is 4. The van der Waals surface area contributed by atoms with Crippen LogP contribution in [0.15, 0.2) is 0 Å². The fraction of sp³-hybridized carbons (Fsp3) is 1.00. The van der Waals surface area contributed by atoms with Crippen molar-refractivity contribution < 1.29 is 35.2 Å². The maximum Gasteiger partial charge on any atom is 0.115 e. The van der Waals surface area contributed by atoms with Crippen molar-refractivity contribution in [3.63, 3.8) is 0 Å². The Balaban J connectivity index is 2.49. The SMILES string of the molecule is COC1CC(ON(O)O)C(ON(O)O)C1. The highest BCUT2D eigenvalue weighted by Gasteiger charge is 2.39. The van der Waals surface area contributed by atoms with E-state index < -0.39 is 23.0 Å². The first-order valence-corrected chi connectivity index (χ1v) is 4.25. The van der Waals surface area contributed by atoms with Gasteiger partial charge in [0, 0.05) is 20.0 Å². The molecule has 0 amide bonds. The van der Waals surface area contributed by atoms with Gasteiger partial charge in [0.25, 0.3) is 0 Å². The molecule has 0 heterocycles. The van der Waals surface area contributed by atoms with Gasteiger partial charge in [-0.05, 0) is 0 Å². The van der Waals surface area contributed by atoms with Gasteiger partial charge in [0.15, 0.2) is 0 Å². The van der Waals surface area contributed by atoms with E-state index in [1.807, 2.05) is 0 Å². The second-order valence-corrected chi connectivity index (χ2v) is 3.12. The Morgan fingerprint density at radius 1 is 0.933 bits per heavy atom. The maximum absolute atomic E-state index is 8.46. The molecule has 0 aromatic rings. The van der Waals surface area contributed by atoms with Crippen molar-refractivity contribution in [2.45, 2.75) is 31.2 Å². The molecule has 0 bridgehead atoms. The molecule has 9 nitrogen and oxygen atoms in total. The molecule has 0 aromatic heterocycles. The molecule has 1 rings (SSSR count). The Morgan fingerprint density at radius 2 is 1.33 bits per heavy atom. The summed E-state index contributed by atoms with van der Waals surface area (Å²) in [6.45, 7) is 0. The Kier molecular flexibility index (Phi) is 4.79. The van der Waals surface area contributed by atoms with Gasteiger partial charge in [-0.1, -0.05) is 0 Å². The van der Waals surface area contributed by atoms with E-state index in [4.69, 9.17) is 25.6 Å². The predicted octanol–water partition coefficient (Wildman–Crippen LogP) is -0.444. The van der Waals surface area contributed by atoms with Crippen molar-refractivity contribution in [1.29, 1.82) is 0 Å². The fourth-order valence-electron chi connectivity index (χ4n) is 1.57. The van der Waals surface area contributed by atoms with Crippen LogP contribution in [-0.2, 0) is 14.4 Å². The zero-order valence-electron chi connectivity index (χ0n) is 8.05. The molecule has 0 saturated heterocycles. The minimum Gasteiger partial charge on any atom is -0.381 e. The zero-order valence-corrected chi connectivity index (χ0v) is 8.05. The van der Waals surface area contributed by atoms with Crippen molar-refractivity contribution >= 4 is 0 Å². The van der Waals surface area contributed by atoms with Crippen LogP contribution in [0.2, 0.25) is 0 Å². The highest BCUT2D eigenvalue weighted by atomic mass is 17.1. The van der Waals surface area contributed by atoms with Gasteiger partial charge in [0.2, 0.25) is 0 Å². The first kappa shape index (κ1) is 12.7. The van der Waals surface area contributed by atoms with E-state index in [1.165, 1.54) is 7.11 Å². The first-order chi connectivity index (χ1) is 7.02. The molecule has 0 aliphatic heterocycles. The fourth-order valence-corrected chi connectivity index (χ4v) is 1.57. The molecule has 1 aliphatic carbocycles. The standard InChI is InChI=1S/C6H14N2O7/c1-13-4-2-5(14-7(9)10)6(3-4)15-8(11)12/h4-6,9-12H,2-3H2,1H3. The minimum atomic E-state index is -0.744. The summed E-state index contributed by atoms with van der Waals surface area (Å²) in [4.78, 5) is 9.09. The second kappa shape index (κ2) is 5.65. The monoisotopic (exact) mass is 226 g/mol. The lowest BCUT2D eigenvalue weighted by atomic mass is 10.3. The lowest BCUT2D eigenvalue weighted by Gasteiger charge is -2.20. The highest BCUT2D eigenvalue weighted by Crippen LogP contribution is 2.27. The van der Waals surface area contributed by atoms with E-state index in [0.717, 1.165) is 0 Å². The van der Waals surface area contributed by atoms with Gasteiger partial charge < -0.3 is 4.74 Å². The largest absolute Gasteiger partial charge is 0.381 e. The average Bonchev–Trinajstić information content (AvgIpc) is 2.46. The number of nitrogens with zero attached hydrogens (tertiary/aromatic N) is 2. The second-order valence-electron chi connectivity index (χ2n) is 3.12. The molecule has 15 heavy (non-hydrogen) atoms. The lowest BCUT2D eigenvalue weighted by Crippen LogP contribution is -2.35. The van der Waals surface area contributed by atoms with Crippen molar-refractivity contribution in [2.24, 2.45) is 0 Å². The molecule has 9 heteroatoms. The van der Waals surface area contributed by atoms with Crippen molar-refractivity contribution in [3.05, 3.63) is 0 Å². The van der Waals surface area contributed by atoms with Crippen molar-refractivity contribution in [2.75, 3.05) is 7.11 Å². The molecule has 2 unspecified atom stereocenters. The first-order valence-electron chi connectivity index (χ1n) is 4.25. The molecule has 1 saturated carbocycles. The Labute approximate surface area is 85.3 Å². The zero-order chi connectivity index (χ0) is 11.4. The van der Waals surface area contributed by atoms with E-state index in [0.29, 0.717) is 12.8 Å². The van der Waals surface area contributed by atoms with E-state index in [-0.39, 0.29) is 6.10 Å². The summed E-state index contributed by atoms with van der Waals surface area (Å²) in [6.07, 6.45) is -1.02. The summed E-state index contributed by atoms with van der Waals surface area (Å²) >= 11 is 0. The van der Waals surface area contributed by atoms with Gasteiger partial charge in [-0.3, -0.25) is 20.8 Å². The predicted molar refractivity (Wildman–Crippen MR) is 40.6 cm³/mol. The number of methoxy groups -OCH3 is 1. The normalized spacial score (nSPS) is 31.8. The van der Waals surface area contributed by atoms with Gasteiger partial charge in [0.1, 0.15) is 12.2 Å². The van der Waals surface area contributed by atoms with Gasteiger partial charge in [-0.25, -0.2) is 9.68 Å². The molecule has 2 atom stereocenters. The molecule has 90 valence electrons. The van der Waals surface area contributed by atoms with Crippen LogP contribution in [0.25, 0.3) is 0 Å². The van der Waals surface area contributed by atoms with Crippen LogP contribution in [0, 0.1) is 0 Å². The molecule has 1 aliphatic rings. The Hall–Kier alpha value is -0.360. The molecule has 0 aromatic carbocycles. The summed E-state index contributed by atoms with van der Waals surface area (Å²) in [5, 5.41) is 32.9. The summed E-state index contributed by atoms with van der Waals surface area (Å²) in [7, 11) is 1.48. The molecular formula is C6H14N2O7. The maximum atomic E-state index is 8.46. The van der Waals surface area contributed by atoms with E-state index in [1.54, 1.807) is 0 Å². The summed E-state index contributed by atoms with van der Waals surface area (Å²) < 4.78 is 5.01. The number of rotatable bonds is 5. The summed E-state index contributed by atoms with van der Waals surface area (Å²) in [5.41, 5.74) is 0. The van der Waals surface area contributed by atoms with Gasteiger partial charge in [-0.2, -0.15) is 0 Å². The Morgan fingerprint density at radius 3 is 1.60 bits per heavy atom. The summed E-state index contributed by atoms with van der Waals surface area (Å²) in [6, 6.07) is 0. The van der Waals surface area contributed by atoms with Crippen LogP contribution in [0.3, 0.4) is 0 Å². The lowest BCUT2D eigenvalue weighted by molar-refractivity contribution is -0.535. The Bertz CT molecular complexity index is 172. The topological polar surface area (TPSA) is 115 Å². The highest BCUT2D eigenvalue weighted by molar-refractivity contribution is 4.85. The van der Waals surface area contributed by atoms with Crippen LogP contribution < -0.4 is 0 Å². The van der Waals surface area contributed by atoms with Gasteiger partial charge in [0.05, 0.1) is 16.9 Å². The minimum absolute atomic E-state index is 0.208. The average molecular weight is 226 g/mol. The van der Waals surface area contributed by atoms with E-state index >= 15 is 0 Å². The quantitative estimate of drug-likeness (QED) is 0.463. The summed E-state index contributed by atoms with van der Waals surface area (Å²) in [5.74, 6) is 0. The third kappa shape index (κ3) is 3.95. The number of hydrogen-bond acceptors (Lipinski definition) is 9. The third-order valence-electron chi connectivity index (χ3n) is 2.20. The van der Waals surface area contributed by atoms with Crippen LogP contribution in [0.5, 0.6) is 0 Å². The van der Waals surface area contributed by atoms with Gasteiger partial charge in [-0.15, -0.1) is 0 Å². The van der Waals surface area contributed by atoms with Crippen molar-refractivity contribution in [3.8, 4) is 0 Å². The van der Waals surface area contributed by atoms with Crippen LogP contribution >= 0.6 is 0 Å². The molecule has 1 fully saturated rings. The van der Waals surface area contributed by atoms with E-state index in [2.05, 4.69) is 9.68 Å².